The van der Waals surface area contributed by atoms with Crippen molar-refractivity contribution in [1.29, 1.82) is 0 Å². The van der Waals surface area contributed by atoms with E-state index in [1.165, 1.54) is 19.6 Å². The van der Waals surface area contributed by atoms with Crippen LogP contribution in [0, 0.1) is 5.92 Å². The smallest absolute Gasteiger partial charge is 0.444 e. The average Bonchev–Trinajstić information content (AvgIpc) is 3.72. The lowest BCUT2D eigenvalue weighted by atomic mass is 9.83. The number of hydrogen-bond acceptors (Lipinski definition) is 9. The fourth-order valence-corrected chi connectivity index (χ4v) is 6.81. The molecule has 3 aromatic rings. The first kappa shape index (κ1) is 39.7. The molecule has 1 aromatic carbocycles. The van der Waals surface area contributed by atoms with E-state index in [2.05, 4.69) is 36.0 Å². The number of halogens is 3. The zero-order chi connectivity index (χ0) is 37.2. The van der Waals surface area contributed by atoms with Gasteiger partial charge in [-0.3, -0.25) is 9.59 Å². The van der Waals surface area contributed by atoms with Gasteiger partial charge < -0.3 is 30.8 Å². The van der Waals surface area contributed by atoms with Crippen molar-refractivity contribution in [3.63, 3.8) is 0 Å². The van der Waals surface area contributed by atoms with E-state index < -0.39 is 59.7 Å². The van der Waals surface area contributed by atoms with Crippen molar-refractivity contribution in [1.82, 2.24) is 40.7 Å². The van der Waals surface area contributed by atoms with Gasteiger partial charge in [-0.15, -0.1) is 5.10 Å². The molecule has 0 radical (unpaired) electrons. The van der Waals surface area contributed by atoms with Crippen LogP contribution in [-0.4, -0.2) is 83.3 Å². The van der Waals surface area contributed by atoms with Crippen molar-refractivity contribution in [2.45, 2.75) is 113 Å². The van der Waals surface area contributed by atoms with E-state index in [9.17, 15) is 32.7 Å². The van der Waals surface area contributed by atoms with E-state index in [0.717, 1.165) is 54.1 Å². The summed E-state index contributed by atoms with van der Waals surface area (Å²) in [6.07, 6.45) is 1.79. The molecule has 0 bridgehead atoms. The highest BCUT2D eigenvalue weighted by atomic mass is 32.2. The van der Waals surface area contributed by atoms with Crippen LogP contribution >= 0.6 is 11.8 Å². The van der Waals surface area contributed by atoms with E-state index in [1.54, 1.807) is 20.8 Å². The second-order valence-corrected chi connectivity index (χ2v) is 14.8. The molecule has 0 saturated heterocycles. The number of alkyl halides is 3. The third kappa shape index (κ3) is 12.9. The summed E-state index contributed by atoms with van der Waals surface area (Å²) >= 11 is 0.900. The minimum absolute atomic E-state index is 0.0161. The number of aliphatic hydroxyl groups excluding tert-OH is 1. The molecule has 1 fully saturated rings. The van der Waals surface area contributed by atoms with Crippen LogP contribution in [0.1, 0.15) is 76.4 Å². The quantitative estimate of drug-likeness (QED) is 0.142. The molecule has 5 N–H and O–H groups in total. The average molecular weight is 737 g/mol. The standard InChI is InChI=1S/C34H47F3N8O5S/c1-33(2,3)50-32(49)42-25(16-22-13-9-6-10-14-22)28(47)41-26(17-23-18-38-20-39-23)29(48)40-24(15-21-11-7-5-8-12-21)27(46)19-51-31-43-30(34(35,36)37)44-45(31)4/h6,9-10,13-14,18,20-21,24-27,46H,5,7-8,11-12,15-17,19H2,1-4H3,(H,38,39)(H,40,48)(H,41,47)(H,42,49)/t24-,25-,26-,27+/m0/s1. The fourth-order valence-electron chi connectivity index (χ4n) is 5.88. The van der Waals surface area contributed by atoms with Crippen molar-refractivity contribution in [2.24, 2.45) is 13.0 Å². The second-order valence-electron chi connectivity index (χ2n) is 13.8. The first-order valence-corrected chi connectivity index (χ1v) is 18.0. The van der Waals surface area contributed by atoms with Gasteiger partial charge in [0.05, 0.1) is 18.5 Å². The number of ether oxygens (including phenoxy) is 1. The Balaban J connectivity index is 1.53. The van der Waals surface area contributed by atoms with Gasteiger partial charge in [0.25, 0.3) is 5.82 Å². The molecular weight excluding hydrogens is 689 g/mol. The zero-order valence-electron chi connectivity index (χ0n) is 29.2. The molecule has 1 aliphatic rings. The monoisotopic (exact) mass is 736 g/mol. The number of H-pyrrole nitrogens is 1. The minimum Gasteiger partial charge on any atom is -0.444 e. The van der Waals surface area contributed by atoms with Crippen molar-refractivity contribution < 1.29 is 37.4 Å². The van der Waals surface area contributed by atoms with Crippen LogP contribution in [0.3, 0.4) is 0 Å². The van der Waals surface area contributed by atoms with Crippen LogP contribution in [0.25, 0.3) is 0 Å². The third-order valence-electron chi connectivity index (χ3n) is 8.37. The van der Waals surface area contributed by atoms with Gasteiger partial charge in [-0.2, -0.15) is 18.2 Å². The Labute approximate surface area is 299 Å². The number of thioether (sulfide) groups is 1. The van der Waals surface area contributed by atoms with E-state index in [-0.39, 0.29) is 29.7 Å². The Morgan fingerprint density at radius 3 is 2.29 bits per heavy atom. The molecule has 2 aromatic heterocycles. The van der Waals surface area contributed by atoms with E-state index >= 15 is 0 Å². The number of rotatable bonds is 15. The number of aliphatic hydroxyl groups is 1. The maximum absolute atomic E-state index is 14.1. The molecule has 51 heavy (non-hydrogen) atoms. The molecule has 1 aliphatic carbocycles. The van der Waals surface area contributed by atoms with Gasteiger partial charge in [0.2, 0.25) is 11.8 Å². The predicted molar refractivity (Wildman–Crippen MR) is 183 cm³/mol. The summed E-state index contributed by atoms with van der Waals surface area (Å²) in [6.45, 7) is 5.11. The SMILES string of the molecule is Cn1nc(C(F)(F)F)nc1SC[C@@H](O)[C@H](CC1CCCCC1)NC(=O)[C@H](Cc1cnc[nH]1)NC(=O)[C@H](Cc1ccccc1)NC(=O)OC(C)(C)C. The molecule has 0 aliphatic heterocycles. The lowest BCUT2D eigenvalue weighted by Crippen LogP contribution is -2.58. The van der Waals surface area contributed by atoms with Gasteiger partial charge in [-0.05, 0) is 38.7 Å². The normalized spacial score (nSPS) is 16.5. The lowest BCUT2D eigenvalue weighted by molar-refractivity contribution is -0.145. The van der Waals surface area contributed by atoms with Crippen LogP contribution in [0.15, 0.2) is 48.0 Å². The zero-order valence-corrected chi connectivity index (χ0v) is 30.0. The second kappa shape index (κ2) is 17.9. The Kier molecular flexibility index (Phi) is 13.9. The van der Waals surface area contributed by atoms with Crippen LogP contribution in [-0.2, 0) is 40.4 Å². The number of hydrogen-bond donors (Lipinski definition) is 5. The van der Waals surface area contributed by atoms with Gasteiger partial charge in [0.1, 0.15) is 17.7 Å². The lowest BCUT2D eigenvalue weighted by Gasteiger charge is -2.31. The number of aromatic nitrogens is 5. The number of aryl methyl sites for hydroxylation is 1. The maximum atomic E-state index is 14.1. The number of carbonyl (C=O) groups excluding carboxylic acids is 3. The maximum Gasteiger partial charge on any atom is 0.453 e. The first-order valence-electron chi connectivity index (χ1n) is 17.0. The van der Waals surface area contributed by atoms with Crippen molar-refractivity contribution in [3.8, 4) is 0 Å². The molecule has 13 nitrogen and oxygen atoms in total. The van der Waals surface area contributed by atoms with Crippen LogP contribution in [0.2, 0.25) is 0 Å². The van der Waals surface area contributed by atoms with Crippen molar-refractivity contribution in [3.05, 3.63) is 59.9 Å². The Morgan fingerprint density at radius 1 is 1.02 bits per heavy atom. The Morgan fingerprint density at radius 2 is 1.69 bits per heavy atom. The number of amides is 3. The molecule has 17 heteroatoms. The largest absolute Gasteiger partial charge is 0.453 e. The van der Waals surface area contributed by atoms with E-state index in [0.29, 0.717) is 12.1 Å². The molecule has 0 spiro atoms. The van der Waals surface area contributed by atoms with Gasteiger partial charge in [0, 0.05) is 37.5 Å². The summed E-state index contributed by atoms with van der Waals surface area (Å²) in [7, 11) is 1.34. The first-order chi connectivity index (χ1) is 24.1. The molecule has 0 unspecified atom stereocenters. The predicted octanol–water partition coefficient (Wildman–Crippen LogP) is 4.33. The van der Waals surface area contributed by atoms with Gasteiger partial charge in [0.15, 0.2) is 5.16 Å². The highest BCUT2D eigenvalue weighted by Gasteiger charge is 2.37. The highest BCUT2D eigenvalue weighted by molar-refractivity contribution is 7.99. The number of aromatic amines is 1. The molecule has 280 valence electrons. The summed E-state index contributed by atoms with van der Waals surface area (Å²) in [5, 5.41) is 23.2. The number of carbonyl (C=O) groups is 3. The minimum atomic E-state index is -4.72. The van der Waals surface area contributed by atoms with Crippen molar-refractivity contribution in [2.75, 3.05) is 5.75 Å². The summed E-state index contributed by atoms with van der Waals surface area (Å²) in [6, 6.07) is 6.02. The van der Waals surface area contributed by atoms with E-state index in [4.69, 9.17) is 4.74 Å². The fraction of sp³-hybridized carbons (Fsp3) is 0.588. The van der Waals surface area contributed by atoms with E-state index in [1.807, 2.05) is 30.3 Å². The molecular formula is C34H47F3N8O5S. The number of imidazole rings is 1. The third-order valence-corrected chi connectivity index (χ3v) is 9.49. The number of benzene rings is 1. The summed E-state index contributed by atoms with van der Waals surface area (Å²) in [4.78, 5) is 51.2. The van der Waals surface area contributed by atoms with Gasteiger partial charge >= 0.3 is 12.3 Å². The summed E-state index contributed by atoms with van der Waals surface area (Å²) in [5.74, 6) is -2.36. The van der Waals surface area contributed by atoms with Crippen LogP contribution in [0.4, 0.5) is 18.0 Å². The summed E-state index contributed by atoms with van der Waals surface area (Å²) in [5.41, 5.74) is 0.500. The Bertz CT molecular complexity index is 1560. The number of nitrogens with zero attached hydrogens (tertiary/aromatic N) is 4. The molecule has 3 amide bonds. The molecule has 1 saturated carbocycles. The molecule has 4 rings (SSSR count). The highest BCUT2D eigenvalue weighted by Crippen LogP contribution is 2.31. The summed E-state index contributed by atoms with van der Waals surface area (Å²) < 4.78 is 46.0. The molecule has 4 atom stereocenters. The van der Waals surface area contributed by atoms with Gasteiger partial charge in [-0.25, -0.2) is 14.5 Å². The van der Waals surface area contributed by atoms with Gasteiger partial charge in [-0.1, -0.05) is 74.2 Å². The molecule has 2 heterocycles. The van der Waals surface area contributed by atoms with Crippen LogP contribution < -0.4 is 16.0 Å². The van der Waals surface area contributed by atoms with Crippen LogP contribution in [0.5, 0.6) is 0 Å². The number of alkyl carbamates (subject to hydrolysis) is 1. The van der Waals surface area contributed by atoms with Crippen molar-refractivity contribution >= 4 is 29.7 Å². The topological polar surface area (TPSA) is 176 Å². The Hall–Kier alpha value is -4.12. The number of nitrogens with one attached hydrogen (secondary N) is 4.